The van der Waals surface area contributed by atoms with Crippen molar-refractivity contribution in [2.45, 2.75) is 32.4 Å². The van der Waals surface area contributed by atoms with Crippen molar-refractivity contribution in [2.24, 2.45) is 0 Å². The molecule has 11 heteroatoms. The number of carbonyl (C=O) groups excluding carboxylic acids is 2. The highest BCUT2D eigenvalue weighted by molar-refractivity contribution is 7.90. The van der Waals surface area contributed by atoms with Gasteiger partial charge < -0.3 is 10.2 Å². The molecule has 40 heavy (non-hydrogen) atoms. The van der Waals surface area contributed by atoms with Gasteiger partial charge in [-0.1, -0.05) is 61.5 Å². The van der Waals surface area contributed by atoms with Crippen LogP contribution in [0.25, 0.3) is 0 Å². The zero-order chi connectivity index (χ0) is 29.3. The maximum Gasteiger partial charge on any atom is 0.304 e. The average molecular weight is 573 g/mol. The molecular weight excluding hydrogens is 538 g/mol. The summed E-state index contributed by atoms with van der Waals surface area (Å²) in [5.41, 5.74) is 1.01. The molecule has 0 bridgehead atoms. The van der Waals surface area contributed by atoms with E-state index in [1.54, 1.807) is 0 Å². The van der Waals surface area contributed by atoms with Gasteiger partial charge in [0.15, 0.2) is 0 Å². The third-order valence-electron chi connectivity index (χ3n) is 6.23. The van der Waals surface area contributed by atoms with Crippen LogP contribution < -0.4 is 9.62 Å². The van der Waals surface area contributed by atoms with Gasteiger partial charge in [0.2, 0.25) is 11.8 Å². The summed E-state index contributed by atoms with van der Waals surface area (Å²) < 4.78 is 56.6. The molecule has 0 fully saturated rings. The first kappa shape index (κ1) is 30.7. The van der Waals surface area contributed by atoms with Crippen LogP contribution in [0.1, 0.15) is 24.5 Å². The number of para-hydroxylation sites is 1. The number of nitrogens with one attached hydrogen (secondary N) is 1. The lowest BCUT2D eigenvalue weighted by Crippen LogP contribution is -2.54. The second-order valence-electron chi connectivity index (χ2n) is 9.39. The quantitative estimate of drug-likeness (QED) is 0.338. The van der Waals surface area contributed by atoms with Crippen LogP contribution in [0.2, 0.25) is 0 Å². The highest BCUT2D eigenvalue weighted by Crippen LogP contribution is 2.24. The Balaban J connectivity index is 2.08. The van der Waals surface area contributed by atoms with Crippen molar-refractivity contribution in [3.63, 3.8) is 0 Å². The summed E-state index contributed by atoms with van der Waals surface area (Å²) in [6, 6.07) is 18.8. The van der Waals surface area contributed by atoms with Crippen LogP contribution in [-0.2, 0) is 32.8 Å². The summed E-state index contributed by atoms with van der Waals surface area (Å²) in [5, 5.41) is 2.83. The van der Waals surface area contributed by atoms with Crippen LogP contribution in [0, 0.1) is 11.6 Å². The van der Waals surface area contributed by atoms with Gasteiger partial charge in [-0.05, 0) is 41.8 Å². The highest BCUT2D eigenvalue weighted by atomic mass is 32.2. The van der Waals surface area contributed by atoms with Crippen molar-refractivity contribution in [3.05, 3.63) is 102 Å². The fourth-order valence-corrected chi connectivity index (χ4v) is 5.13. The van der Waals surface area contributed by atoms with Crippen molar-refractivity contribution in [3.8, 4) is 0 Å². The van der Waals surface area contributed by atoms with Gasteiger partial charge in [-0.25, -0.2) is 13.1 Å². The van der Waals surface area contributed by atoms with E-state index >= 15 is 0 Å². The first-order valence-corrected chi connectivity index (χ1v) is 14.2. The Kier molecular flexibility index (Phi) is 10.7. The Morgan fingerprint density at radius 1 is 0.875 bits per heavy atom. The average Bonchev–Trinajstić information content (AvgIpc) is 2.94. The number of benzene rings is 3. The van der Waals surface area contributed by atoms with Gasteiger partial charge in [-0.15, -0.1) is 0 Å². The normalized spacial score (nSPS) is 12.2. The predicted octanol–water partition coefficient (Wildman–Crippen LogP) is 3.74. The monoisotopic (exact) mass is 572 g/mol. The first-order valence-electron chi connectivity index (χ1n) is 12.8. The zero-order valence-electron chi connectivity index (χ0n) is 22.8. The molecule has 3 aromatic carbocycles. The predicted molar refractivity (Wildman–Crippen MR) is 151 cm³/mol. The van der Waals surface area contributed by atoms with E-state index < -0.39 is 46.2 Å². The largest absolute Gasteiger partial charge is 0.354 e. The molecule has 0 saturated carbocycles. The molecule has 0 radical (unpaired) electrons. The topological polar surface area (TPSA) is 90.0 Å². The summed E-state index contributed by atoms with van der Waals surface area (Å²) in [6.45, 7) is 1.39. The van der Waals surface area contributed by atoms with E-state index in [0.717, 1.165) is 15.9 Å². The Bertz CT molecular complexity index is 1390. The van der Waals surface area contributed by atoms with Crippen LogP contribution in [-0.4, -0.2) is 62.7 Å². The molecule has 0 spiro atoms. The lowest BCUT2D eigenvalue weighted by Gasteiger charge is -2.34. The molecule has 0 aliphatic heterocycles. The van der Waals surface area contributed by atoms with E-state index in [1.807, 2.05) is 37.3 Å². The van der Waals surface area contributed by atoms with Gasteiger partial charge in [0, 0.05) is 33.6 Å². The van der Waals surface area contributed by atoms with Crippen LogP contribution in [0.15, 0.2) is 78.9 Å². The molecular formula is C29H34F2N4O4S. The lowest BCUT2D eigenvalue weighted by molar-refractivity contribution is -0.140. The number of hydrogen-bond donors (Lipinski definition) is 1. The molecule has 3 rings (SSSR count). The molecule has 0 aliphatic carbocycles. The number of hydrogen-bond acceptors (Lipinski definition) is 4. The molecule has 1 atom stereocenters. The molecule has 214 valence electrons. The Labute approximate surface area is 234 Å². The summed E-state index contributed by atoms with van der Waals surface area (Å²) in [5.74, 6) is -2.45. The van der Waals surface area contributed by atoms with E-state index in [4.69, 9.17) is 0 Å². The number of halogens is 2. The van der Waals surface area contributed by atoms with Crippen LogP contribution >= 0.6 is 0 Å². The van der Waals surface area contributed by atoms with E-state index in [1.165, 1.54) is 61.5 Å². The smallest absolute Gasteiger partial charge is 0.304 e. The van der Waals surface area contributed by atoms with Crippen LogP contribution in [0.4, 0.5) is 14.5 Å². The Morgan fingerprint density at radius 2 is 1.50 bits per heavy atom. The van der Waals surface area contributed by atoms with Gasteiger partial charge in [0.1, 0.15) is 24.2 Å². The van der Waals surface area contributed by atoms with Crippen LogP contribution in [0.3, 0.4) is 0 Å². The lowest BCUT2D eigenvalue weighted by atomic mass is 10.0. The number of amides is 2. The third-order valence-corrected chi connectivity index (χ3v) is 8.03. The van der Waals surface area contributed by atoms with Crippen LogP contribution in [0.5, 0.6) is 0 Å². The summed E-state index contributed by atoms with van der Waals surface area (Å²) >= 11 is 0. The Morgan fingerprint density at radius 3 is 2.10 bits per heavy atom. The molecule has 3 aromatic rings. The number of rotatable bonds is 13. The van der Waals surface area contributed by atoms with Crippen molar-refractivity contribution in [1.29, 1.82) is 0 Å². The number of anilines is 1. The minimum absolute atomic E-state index is 0.108. The zero-order valence-corrected chi connectivity index (χ0v) is 23.6. The standard InChI is InChI=1S/C29H34F2N4O4S/c1-4-18-32-29(37)27(19-22-10-6-5-7-11-22)34(20-23-14-16-24(30)17-15-23)28(36)21-35(40(38,39)33(2)3)26-13-9-8-12-25(26)31/h5-17,27H,4,18-21H2,1-3H3,(H,32,37). The van der Waals surface area contributed by atoms with Crippen molar-refractivity contribution in [1.82, 2.24) is 14.5 Å². The summed E-state index contributed by atoms with van der Waals surface area (Å²) in [4.78, 5) is 28.7. The summed E-state index contributed by atoms with van der Waals surface area (Å²) in [6.07, 6.45) is 0.807. The van der Waals surface area contributed by atoms with Gasteiger partial charge in [-0.2, -0.15) is 12.7 Å². The maximum absolute atomic E-state index is 14.8. The van der Waals surface area contributed by atoms with Gasteiger partial charge in [0.25, 0.3) is 0 Å². The van der Waals surface area contributed by atoms with Gasteiger partial charge in [-0.3, -0.25) is 9.59 Å². The molecule has 0 saturated heterocycles. The molecule has 0 aromatic heterocycles. The van der Waals surface area contributed by atoms with Gasteiger partial charge >= 0.3 is 10.2 Å². The molecule has 1 unspecified atom stereocenters. The fraction of sp³-hybridized carbons (Fsp3) is 0.310. The Hall–Kier alpha value is -3.83. The fourth-order valence-electron chi connectivity index (χ4n) is 4.06. The van der Waals surface area contributed by atoms with Crippen molar-refractivity contribution >= 4 is 27.7 Å². The number of nitrogens with zero attached hydrogens (tertiary/aromatic N) is 3. The highest BCUT2D eigenvalue weighted by Gasteiger charge is 2.35. The van der Waals surface area contributed by atoms with Crippen molar-refractivity contribution < 1.29 is 26.8 Å². The van der Waals surface area contributed by atoms with Crippen molar-refractivity contribution in [2.75, 3.05) is 31.5 Å². The van der Waals surface area contributed by atoms with E-state index in [0.29, 0.717) is 22.8 Å². The van der Waals surface area contributed by atoms with E-state index in [9.17, 15) is 26.8 Å². The molecule has 0 aliphatic rings. The maximum atomic E-state index is 14.8. The molecule has 1 N–H and O–H groups in total. The number of carbonyl (C=O) groups is 2. The second-order valence-corrected chi connectivity index (χ2v) is 11.5. The first-order chi connectivity index (χ1) is 19.0. The molecule has 2 amide bonds. The molecule has 8 nitrogen and oxygen atoms in total. The summed E-state index contributed by atoms with van der Waals surface area (Å²) in [7, 11) is -1.76. The third kappa shape index (κ3) is 7.86. The van der Waals surface area contributed by atoms with E-state index in [2.05, 4.69) is 5.32 Å². The minimum atomic E-state index is -4.31. The molecule has 0 heterocycles. The second kappa shape index (κ2) is 14.0. The SMILES string of the molecule is CCCNC(=O)C(Cc1ccccc1)N(Cc1ccc(F)cc1)C(=O)CN(c1ccccc1F)S(=O)(=O)N(C)C. The minimum Gasteiger partial charge on any atom is -0.354 e. The van der Waals surface area contributed by atoms with Gasteiger partial charge in [0.05, 0.1) is 5.69 Å². The van der Waals surface area contributed by atoms with E-state index in [-0.39, 0.29) is 18.7 Å².